The van der Waals surface area contributed by atoms with Crippen molar-refractivity contribution in [2.24, 2.45) is 5.92 Å². The number of hydrogen-bond acceptors (Lipinski definition) is 4. The monoisotopic (exact) mass is 224 g/mol. The molecule has 2 heterocycles. The third-order valence-electron chi connectivity index (χ3n) is 2.89. The van der Waals surface area contributed by atoms with Gasteiger partial charge in [-0.25, -0.2) is 4.79 Å². The first kappa shape index (κ1) is 10.9. The van der Waals surface area contributed by atoms with Crippen molar-refractivity contribution < 1.29 is 14.3 Å². The second-order valence-electron chi connectivity index (χ2n) is 4.51. The Hall–Kier alpha value is -1.65. The molecule has 0 aromatic carbocycles. The summed E-state index contributed by atoms with van der Waals surface area (Å²) in [5.41, 5.74) is 0.768. The first-order valence-electron chi connectivity index (χ1n) is 5.34. The standard InChI is InChI=1S/C11H16N2O3/c1-6(2)8-5-13(3)10-7(12-8)4-9(16-10)11(14)15/h4,6,8,12H,5H2,1-3H3,(H,14,15). The minimum absolute atomic E-state index is 0.0197. The molecule has 0 fully saturated rings. The van der Waals surface area contributed by atoms with Gasteiger partial charge in [0, 0.05) is 25.7 Å². The Bertz CT molecular complexity index is 411. The lowest BCUT2D eigenvalue weighted by Crippen LogP contribution is -2.41. The Labute approximate surface area is 94.0 Å². The lowest BCUT2D eigenvalue weighted by Gasteiger charge is -2.33. The minimum Gasteiger partial charge on any atom is -0.475 e. The zero-order valence-corrected chi connectivity index (χ0v) is 9.65. The summed E-state index contributed by atoms with van der Waals surface area (Å²) in [6.45, 7) is 5.08. The van der Waals surface area contributed by atoms with Gasteiger partial charge in [0.15, 0.2) is 0 Å². The van der Waals surface area contributed by atoms with Crippen LogP contribution in [0, 0.1) is 5.92 Å². The predicted octanol–water partition coefficient (Wildman–Crippen LogP) is 1.86. The maximum absolute atomic E-state index is 10.8. The molecule has 5 nitrogen and oxygen atoms in total. The maximum Gasteiger partial charge on any atom is 0.371 e. The fourth-order valence-corrected chi connectivity index (χ4v) is 1.87. The molecular formula is C11H16N2O3. The van der Waals surface area contributed by atoms with Gasteiger partial charge >= 0.3 is 5.97 Å². The van der Waals surface area contributed by atoms with Crippen molar-refractivity contribution in [3.05, 3.63) is 11.8 Å². The molecule has 0 bridgehead atoms. The van der Waals surface area contributed by atoms with Gasteiger partial charge in [0.1, 0.15) is 0 Å². The zero-order valence-electron chi connectivity index (χ0n) is 9.65. The number of carbonyl (C=O) groups is 1. The van der Waals surface area contributed by atoms with Crippen molar-refractivity contribution in [1.82, 2.24) is 0 Å². The first-order valence-corrected chi connectivity index (χ1v) is 5.34. The third kappa shape index (κ3) is 1.73. The van der Waals surface area contributed by atoms with E-state index in [2.05, 4.69) is 19.2 Å². The van der Waals surface area contributed by atoms with E-state index in [1.54, 1.807) is 6.07 Å². The molecule has 5 heteroatoms. The molecule has 0 saturated heterocycles. The first-order chi connectivity index (χ1) is 7.49. The fraction of sp³-hybridized carbons (Fsp3) is 0.545. The highest BCUT2D eigenvalue weighted by atomic mass is 16.4. The summed E-state index contributed by atoms with van der Waals surface area (Å²) >= 11 is 0. The van der Waals surface area contributed by atoms with Gasteiger partial charge < -0.3 is 19.7 Å². The maximum atomic E-state index is 10.8. The van der Waals surface area contributed by atoms with Gasteiger partial charge in [0.25, 0.3) is 0 Å². The number of anilines is 2. The predicted molar refractivity (Wildman–Crippen MR) is 61.2 cm³/mol. The highest BCUT2D eigenvalue weighted by molar-refractivity contribution is 5.88. The van der Waals surface area contributed by atoms with Crippen LogP contribution in [-0.2, 0) is 0 Å². The summed E-state index contributed by atoms with van der Waals surface area (Å²) in [5, 5.41) is 12.2. The molecule has 0 radical (unpaired) electrons. The van der Waals surface area contributed by atoms with Gasteiger partial charge in [-0.3, -0.25) is 0 Å². The Morgan fingerprint density at radius 3 is 2.94 bits per heavy atom. The minimum atomic E-state index is -1.04. The van der Waals surface area contributed by atoms with Gasteiger partial charge in [0.05, 0.1) is 5.69 Å². The molecular weight excluding hydrogens is 208 g/mol. The van der Waals surface area contributed by atoms with Crippen LogP contribution in [0.15, 0.2) is 10.5 Å². The Morgan fingerprint density at radius 2 is 2.38 bits per heavy atom. The van der Waals surface area contributed by atoms with E-state index < -0.39 is 5.97 Å². The molecule has 1 unspecified atom stereocenters. The molecule has 1 atom stereocenters. The topological polar surface area (TPSA) is 65.7 Å². The van der Waals surface area contributed by atoms with Crippen molar-refractivity contribution in [2.45, 2.75) is 19.9 Å². The van der Waals surface area contributed by atoms with Crippen molar-refractivity contribution in [1.29, 1.82) is 0 Å². The normalized spacial score (nSPS) is 19.5. The Kier molecular flexibility index (Phi) is 2.53. The second-order valence-corrected chi connectivity index (χ2v) is 4.51. The lowest BCUT2D eigenvalue weighted by atomic mass is 10.0. The molecule has 0 spiro atoms. The van der Waals surface area contributed by atoms with E-state index in [1.165, 1.54) is 0 Å². The summed E-state index contributed by atoms with van der Waals surface area (Å²) < 4.78 is 5.27. The Morgan fingerprint density at radius 1 is 1.69 bits per heavy atom. The molecule has 1 aliphatic rings. The molecule has 2 rings (SSSR count). The summed E-state index contributed by atoms with van der Waals surface area (Å²) in [6, 6.07) is 1.86. The van der Waals surface area contributed by atoms with Crippen LogP contribution in [0.3, 0.4) is 0 Å². The van der Waals surface area contributed by atoms with Crippen LogP contribution in [0.5, 0.6) is 0 Å². The highest BCUT2D eigenvalue weighted by Gasteiger charge is 2.28. The van der Waals surface area contributed by atoms with E-state index in [1.807, 2.05) is 11.9 Å². The number of carboxylic acids is 1. The van der Waals surface area contributed by atoms with Gasteiger partial charge in [-0.2, -0.15) is 0 Å². The number of furan rings is 1. The van der Waals surface area contributed by atoms with Crippen LogP contribution in [0.2, 0.25) is 0 Å². The number of nitrogens with zero attached hydrogens (tertiary/aromatic N) is 1. The Balaban J connectivity index is 2.32. The van der Waals surface area contributed by atoms with Crippen molar-refractivity contribution in [3.8, 4) is 0 Å². The zero-order chi connectivity index (χ0) is 11.9. The van der Waals surface area contributed by atoms with Crippen LogP contribution in [0.4, 0.5) is 11.6 Å². The summed E-state index contributed by atoms with van der Waals surface area (Å²) in [6.07, 6.45) is 0. The molecule has 88 valence electrons. The number of nitrogens with one attached hydrogen (secondary N) is 1. The van der Waals surface area contributed by atoms with Gasteiger partial charge in [-0.05, 0) is 5.92 Å². The van der Waals surface area contributed by atoms with E-state index in [9.17, 15) is 4.79 Å². The highest BCUT2D eigenvalue weighted by Crippen LogP contribution is 2.34. The number of hydrogen-bond donors (Lipinski definition) is 2. The average molecular weight is 224 g/mol. The van der Waals surface area contributed by atoms with Crippen molar-refractivity contribution in [3.63, 3.8) is 0 Å². The number of rotatable bonds is 2. The summed E-state index contributed by atoms with van der Waals surface area (Å²) in [7, 11) is 1.91. The van der Waals surface area contributed by atoms with Gasteiger partial charge in [-0.1, -0.05) is 13.8 Å². The number of fused-ring (bicyclic) bond motifs is 1. The number of aromatic carboxylic acids is 1. The molecule has 1 aromatic heterocycles. The SMILES string of the molecule is CC(C)C1CN(C)c2oc(C(=O)O)cc2N1. The van der Waals surface area contributed by atoms with Crippen LogP contribution >= 0.6 is 0 Å². The second kappa shape index (κ2) is 3.73. The van der Waals surface area contributed by atoms with Gasteiger partial charge in [-0.15, -0.1) is 0 Å². The molecule has 0 aliphatic carbocycles. The molecule has 16 heavy (non-hydrogen) atoms. The van der Waals surface area contributed by atoms with E-state index in [0.717, 1.165) is 12.2 Å². The van der Waals surface area contributed by atoms with Crippen molar-refractivity contribution >= 4 is 17.5 Å². The molecule has 0 amide bonds. The van der Waals surface area contributed by atoms with E-state index in [-0.39, 0.29) is 5.76 Å². The number of carboxylic acid groups (broad SMARTS) is 1. The van der Waals surface area contributed by atoms with E-state index >= 15 is 0 Å². The quantitative estimate of drug-likeness (QED) is 0.802. The number of likely N-dealkylation sites (N-methyl/N-ethyl adjacent to an activating group) is 1. The summed E-state index contributed by atoms with van der Waals surface area (Å²) in [4.78, 5) is 12.7. The molecule has 0 saturated carbocycles. The van der Waals surface area contributed by atoms with Gasteiger partial charge in [0.2, 0.25) is 11.6 Å². The van der Waals surface area contributed by atoms with Crippen molar-refractivity contribution in [2.75, 3.05) is 23.8 Å². The lowest BCUT2D eigenvalue weighted by molar-refractivity contribution is 0.0663. The summed E-state index contributed by atoms with van der Waals surface area (Å²) in [5.74, 6) is 0.0348. The van der Waals surface area contributed by atoms with Crippen LogP contribution in [0.1, 0.15) is 24.4 Å². The average Bonchev–Trinajstić information content (AvgIpc) is 2.61. The molecule has 1 aliphatic heterocycles. The smallest absolute Gasteiger partial charge is 0.371 e. The third-order valence-corrected chi connectivity index (χ3v) is 2.89. The van der Waals surface area contributed by atoms with Crippen LogP contribution in [0.25, 0.3) is 0 Å². The molecule has 2 N–H and O–H groups in total. The van der Waals surface area contributed by atoms with E-state index in [4.69, 9.17) is 9.52 Å². The van der Waals surface area contributed by atoms with E-state index in [0.29, 0.717) is 17.8 Å². The fourth-order valence-electron chi connectivity index (χ4n) is 1.87. The largest absolute Gasteiger partial charge is 0.475 e. The van der Waals surface area contributed by atoms with Crippen LogP contribution < -0.4 is 10.2 Å². The van der Waals surface area contributed by atoms with Crippen LogP contribution in [-0.4, -0.2) is 30.7 Å². The molecule has 1 aromatic rings.